The highest BCUT2D eigenvalue weighted by molar-refractivity contribution is 9.10. The van der Waals surface area contributed by atoms with Crippen molar-refractivity contribution >= 4 is 15.9 Å². The Labute approximate surface area is 151 Å². The first-order chi connectivity index (χ1) is 11.7. The van der Waals surface area contributed by atoms with E-state index in [0.29, 0.717) is 13.1 Å². The van der Waals surface area contributed by atoms with E-state index in [1.165, 1.54) is 5.56 Å². The standard InChI is InChI=1S/C21H20BrNO/c22-20-13-11-19(12-14-20)21(24,18-9-5-2-6-10-18)16-23-15-17-7-3-1-4-8-17/h1-14,23-24H,15-16H2. The predicted molar refractivity (Wildman–Crippen MR) is 102 cm³/mol. The highest BCUT2D eigenvalue weighted by atomic mass is 79.9. The summed E-state index contributed by atoms with van der Waals surface area (Å²) in [4.78, 5) is 0. The summed E-state index contributed by atoms with van der Waals surface area (Å²) in [5.41, 5.74) is 1.88. The summed E-state index contributed by atoms with van der Waals surface area (Å²) < 4.78 is 0.999. The lowest BCUT2D eigenvalue weighted by Gasteiger charge is -2.30. The van der Waals surface area contributed by atoms with Crippen molar-refractivity contribution in [1.82, 2.24) is 5.32 Å². The second-order valence-corrected chi connectivity index (χ2v) is 6.74. The van der Waals surface area contributed by atoms with Crippen molar-refractivity contribution in [2.24, 2.45) is 0 Å². The summed E-state index contributed by atoms with van der Waals surface area (Å²) in [5, 5.41) is 14.8. The lowest BCUT2D eigenvalue weighted by atomic mass is 9.86. The molecule has 0 radical (unpaired) electrons. The molecule has 1 atom stereocenters. The van der Waals surface area contributed by atoms with Crippen LogP contribution in [-0.4, -0.2) is 11.7 Å². The Bertz CT molecular complexity index is 759. The molecule has 2 nitrogen and oxygen atoms in total. The maximum atomic E-state index is 11.4. The normalized spacial score (nSPS) is 13.4. The molecule has 1 unspecified atom stereocenters. The zero-order chi connectivity index (χ0) is 16.8. The number of hydrogen-bond acceptors (Lipinski definition) is 2. The molecular weight excluding hydrogens is 362 g/mol. The smallest absolute Gasteiger partial charge is 0.127 e. The van der Waals surface area contributed by atoms with E-state index in [1.54, 1.807) is 0 Å². The van der Waals surface area contributed by atoms with Gasteiger partial charge in [0.2, 0.25) is 0 Å². The molecule has 3 aromatic carbocycles. The largest absolute Gasteiger partial charge is 0.379 e. The van der Waals surface area contributed by atoms with Crippen molar-refractivity contribution in [2.75, 3.05) is 6.54 Å². The van der Waals surface area contributed by atoms with Gasteiger partial charge in [-0.2, -0.15) is 0 Å². The SMILES string of the molecule is OC(CNCc1ccccc1)(c1ccccc1)c1ccc(Br)cc1. The summed E-state index contributed by atoms with van der Waals surface area (Å²) in [6.45, 7) is 1.15. The molecule has 122 valence electrons. The van der Waals surface area contributed by atoms with Crippen LogP contribution in [0, 0.1) is 0 Å². The van der Waals surface area contributed by atoms with Crippen LogP contribution in [0.3, 0.4) is 0 Å². The molecule has 0 aromatic heterocycles. The monoisotopic (exact) mass is 381 g/mol. The predicted octanol–water partition coefficient (Wildman–Crippen LogP) is 4.47. The van der Waals surface area contributed by atoms with Crippen molar-refractivity contribution in [3.05, 3.63) is 106 Å². The van der Waals surface area contributed by atoms with E-state index in [9.17, 15) is 5.11 Å². The van der Waals surface area contributed by atoms with Gasteiger partial charge in [0.15, 0.2) is 0 Å². The van der Waals surface area contributed by atoms with Crippen LogP contribution < -0.4 is 5.32 Å². The molecule has 3 aromatic rings. The van der Waals surface area contributed by atoms with Crippen molar-refractivity contribution < 1.29 is 5.11 Å². The maximum Gasteiger partial charge on any atom is 0.127 e. The lowest BCUT2D eigenvalue weighted by Crippen LogP contribution is -2.39. The Kier molecular flexibility index (Phi) is 5.46. The summed E-state index contributed by atoms with van der Waals surface area (Å²) in [6.07, 6.45) is 0. The first-order valence-electron chi connectivity index (χ1n) is 7.97. The highest BCUT2D eigenvalue weighted by Crippen LogP contribution is 2.30. The molecule has 3 rings (SSSR count). The molecule has 0 amide bonds. The molecule has 2 N–H and O–H groups in total. The Morgan fingerprint density at radius 1 is 0.750 bits per heavy atom. The van der Waals surface area contributed by atoms with E-state index in [-0.39, 0.29) is 0 Å². The van der Waals surface area contributed by atoms with Gasteiger partial charge in [-0.3, -0.25) is 0 Å². The Balaban J connectivity index is 1.83. The third-order valence-electron chi connectivity index (χ3n) is 4.13. The fraction of sp³-hybridized carbons (Fsp3) is 0.143. The molecular formula is C21H20BrNO. The van der Waals surface area contributed by atoms with Gasteiger partial charge >= 0.3 is 0 Å². The van der Waals surface area contributed by atoms with Gasteiger partial charge in [-0.05, 0) is 28.8 Å². The summed E-state index contributed by atoms with van der Waals surface area (Å²) in [6, 6.07) is 27.8. The van der Waals surface area contributed by atoms with Gasteiger partial charge in [0.25, 0.3) is 0 Å². The van der Waals surface area contributed by atoms with E-state index in [0.717, 1.165) is 15.6 Å². The number of benzene rings is 3. The molecule has 3 heteroatoms. The third-order valence-corrected chi connectivity index (χ3v) is 4.65. The van der Waals surface area contributed by atoms with Crippen LogP contribution >= 0.6 is 15.9 Å². The van der Waals surface area contributed by atoms with Gasteiger partial charge < -0.3 is 10.4 Å². The molecule has 0 bridgehead atoms. The summed E-state index contributed by atoms with van der Waals surface area (Å²) in [7, 11) is 0. The molecule has 0 aliphatic rings. The first kappa shape index (κ1) is 16.9. The Morgan fingerprint density at radius 2 is 1.29 bits per heavy atom. The van der Waals surface area contributed by atoms with Gasteiger partial charge in [0, 0.05) is 17.6 Å². The van der Waals surface area contributed by atoms with Gasteiger partial charge in [0.1, 0.15) is 5.60 Å². The van der Waals surface area contributed by atoms with E-state index in [4.69, 9.17) is 0 Å². The molecule has 0 fully saturated rings. The van der Waals surface area contributed by atoms with Gasteiger partial charge in [-0.1, -0.05) is 88.7 Å². The van der Waals surface area contributed by atoms with Crippen molar-refractivity contribution in [3.63, 3.8) is 0 Å². The summed E-state index contributed by atoms with van der Waals surface area (Å²) in [5.74, 6) is 0. The summed E-state index contributed by atoms with van der Waals surface area (Å²) >= 11 is 3.45. The van der Waals surface area contributed by atoms with Gasteiger partial charge in [0.05, 0.1) is 0 Å². The minimum absolute atomic E-state index is 0.438. The molecule has 0 heterocycles. The van der Waals surface area contributed by atoms with Crippen molar-refractivity contribution in [2.45, 2.75) is 12.1 Å². The Morgan fingerprint density at radius 3 is 1.92 bits per heavy atom. The highest BCUT2D eigenvalue weighted by Gasteiger charge is 2.30. The number of aliphatic hydroxyl groups is 1. The second kappa shape index (κ2) is 7.75. The van der Waals surface area contributed by atoms with Crippen molar-refractivity contribution in [1.29, 1.82) is 0 Å². The molecule has 0 spiro atoms. The van der Waals surface area contributed by atoms with Crippen LogP contribution in [0.4, 0.5) is 0 Å². The fourth-order valence-electron chi connectivity index (χ4n) is 2.79. The van der Waals surface area contributed by atoms with Crippen LogP contribution in [0.2, 0.25) is 0 Å². The average molecular weight is 382 g/mol. The fourth-order valence-corrected chi connectivity index (χ4v) is 3.06. The first-order valence-corrected chi connectivity index (χ1v) is 8.76. The minimum atomic E-state index is -1.07. The van der Waals surface area contributed by atoms with Crippen LogP contribution in [0.25, 0.3) is 0 Å². The zero-order valence-electron chi connectivity index (χ0n) is 13.3. The van der Waals surface area contributed by atoms with E-state index < -0.39 is 5.60 Å². The van der Waals surface area contributed by atoms with Crippen LogP contribution in [0.1, 0.15) is 16.7 Å². The van der Waals surface area contributed by atoms with Crippen molar-refractivity contribution in [3.8, 4) is 0 Å². The molecule has 24 heavy (non-hydrogen) atoms. The molecule has 0 saturated heterocycles. The van der Waals surface area contributed by atoms with E-state index in [2.05, 4.69) is 33.4 Å². The van der Waals surface area contributed by atoms with Gasteiger partial charge in [-0.15, -0.1) is 0 Å². The van der Waals surface area contributed by atoms with Crippen LogP contribution in [0.5, 0.6) is 0 Å². The second-order valence-electron chi connectivity index (χ2n) is 5.82. The number of halogens is 1. The third kappa shape index (κ3) is 3.93. The number of hydrogen-bond donors (Lipinski definition) is 2. The maximum absolute atomic E-state index is 11.4. The topological polar surface area (TPSA) is 32.3 Å². The molecule has 0 saturated carbocycles. The quantitative estimate of drug-likeness (QED) is 0.659. The van der Waals surface area contributed by atoms with E-state index in [1.807, 2.05) is 72.8 Å². The lowest BCUT2D eigenvalue weighted by molar-refractivity contribution is 0.0796. The molecule has 0 aliphatic carbocycles. The number of rotatable bonds is 6. The van der Waals surface area contributed by atoms with Gasteiger partial charge in [-0.25, -0.2) is 0 Å². The zero-order valence-corrected chi connectivity index (χ0v) is 14.9. The van der Waals surface area contributed by atoms with Crippen LogP contribution in [0.15, 0.2) is 89.4 Å². The molecule has 0 aliphatic heterocycles. The number of nitrogens with one attached hydrogen (secondary N) is 1. The average Bonchev–Trinajstić information content (AvgIpc) is 2.64. The minimum Gasteiger partial charge on any atom is -0.379 e. The Hall–Kier alpha value is -1.94. The van der Waals surface area contributed by atoms with E-state index >= 15 is 0 Å². The van der Waals surface area contributed by atoms with Crippen LogP contribution in [-0.2, 0) is 12.1 Å².